The smallest absolute Gasteiger partial charge is 0.325 e. The molecule has 0 saturated heterocycles. The van der Waals surface area contributed by atoms with E-state index in [2.05, 4.69) is 5.32 Å². The molecule has 1 aliphatic rings. The van der Waals surface area contributed by atoms with Crippen LogP contribution in [0.15, 0.2) is 0 Å². The molecular weight excluding hydrogens is 268 g/mol. The van der Waals surface area contributed by atoms with Gasteiger partial charge in [-0.05, 0) is 58.3 Å². The number of rotatable bonds is 6. The van der Waals surface area contributed by atoms with Gasteiger partial charge in [0.1, 0.15) is 5.54 Å². The number of methoxy groups -OCH3 is 1. The Morgan fingerprint density at radius 2 is 1.90 bits per heavy atom. The molecule has 0 heterocycles. The Bertz CT molecular complexity index is 329. The zero-order valence-corrected chi connectivity index (χ0v) is 13.8. The highest BCUT2D eigenvalue weighted by molar-refractivity contribution is 5.79. The second-order valence-electron chi connectivity index (χ2n) is 6.07. The van der Waals surface area contributed by atoms with Crippen molar-refractivity contribution < 1.29 is 14.6 Å². The normalized spacial score (nSPS) is 21.7. The van der Waals surface area contributed by atoms with Crippen molar-refractivity contribution >= 4 is 5.97 Å². The van der Waals surface area contributed by atoms with Crippen molar-refractivity contribution in [2.75, 3.05) is 13.7 Å². The highest BCUT2D eigenvalue weighted by Gasteiger charge is 2.32. The molecule has 1 rings (SSSR count). The van der Waals surface area contributed by atoms with Crippen LogP contribution in [0.5, 0.6) is 0 Å². The zero-order chi connectivity index (χ0) is 16.3. The maximum atomic E-state index is 11.6. The predicted molar refractivity (Wildman–Crippen MR) is 82.6 cm³/mol. The van der Waals surface area contributed by atoms with Crippen LogP contribution in [0.4, 0.5) is 0 Å². The molecule has 0 radical (unpaired) electrons. The topological polar surface area (TPSA) is 82.3 Å². The summed E-state index contributed by atoms with van der Waals surface area (Å²) in [6.07, 6.45) is 6.64. The highest BCUT2D eigenvalue weighted by Crippen LogP contribution is 2.28. The maximum Gasteiger partial charge on any atom is 0.325 e. The third kappa shape index (κ3) is 8.03. The van der Waals surface area contributed by atoms with Gasteiger partial charge in [0, 0.05) is 19.6 Å². The molecule has 1 saturated carbocycles. The number of esters is 1. The molecule has 1 aliphatic carbocycles. The lowest BCUT2D eigenvalue weighted by atomic mass is 9.82. The summed E-state index contributed by atoms with van der Waals surface area (Å²) in [4.78, 5) is 11.6. The Kier molecular flexibility index (Phi) is 10.0. The molecule has 0 aromatic rings. The van der Waals surface area contributed by atoms with Crippen LogP contribution in [-0.2, 0) is 9.53 Å². The largest absolute Gasteiger partial charge is 0.468 e. The van der Waals surface area contributed by atoms with Crippen LogP contribution in [0, 0.1) is 17.2 Å². The van der Waals surface area contributed by atoms with Crippen molar-refractivity contribution in [2.45, 2.75) is 70.9 Å². The maximum absolute atomic E-state index is 11.6. The monoisotopic (exact) mass is 298 g/mol. The third-order valence-electron chi connectivity index (χ3n) is 3.88. The van der Waals surface area contributed by atoms with Gasteiger partial charge in [0.2, 0.25) is 0 Å². The number of nitrogens with one attached hydrogen (secondary N) is 1. The second-order valence-corrected chi connectivity index (χ2v) is 6.07. The SMILES string of the molecule is CC#N.COC(=O)C(C)(C)NC1CCC(CCCO)CC1. The molecule has 0 aromatic heterocycles. The zero-order valence-electron chi connectivity index (χ0n) is 13.8. The summed E-state index contributed by atoms with van der Waals surface area (Å²) in [6.45, 7) is 5.47. The van der Waals surface area contributed by atoms with Gasteiger partial charge in [-0.3, -0.25) is 10.1 Å². The van der Waals surface area contributed by atoms with Gasteiger partial charge in [0.15, 0.2) is 0 Å². The van der Waals surface area contributed by atoms with Crippen LogP contribution in [-0.4, -0.2) is 36.4 Å². The van der Waals surface area contributed by atoms with E-state index in [1.807, 2.05) is 13.8 Å². The molecule has 0 bridgehead atoms. The minimum Gasteiger partial charge on any atom is -0.468 e. The average molecular weight is 298 g/mol. The summed E-state index contributed by atoms with van der Waals surface area (Å²) in [5.41, 5.74) is -0.600. The molecule has 122 valence electrons. The number of aliphatic hydroxyl groups excluding tert-OH is 1. The number of hydrogen-bond acceptors (Lipinski definition) is 5. The van der Waals surface area contributed by atoms with Crippen LogP contribution >= 0.6 is 0 Å². The lowest BCUT2D eigenvalue weighted by Crippen LogP contribution is -2.52. The van der Waals surface area contributed by atoms with E-state index in [4.69, 9.17) is 15.1 Å². The molecule has 0 spiro atoms. The summed E-state index contributed by atoms with van der Waals surface area (Å²) in [5, 5.41) is 19.5. The molecule has 0 unspecified atom stereocenters. The molecule has 5 nitrogen and oxygen atoms in total. The van der Waals surface area contributed by atoms with E-state index in [9.17, 15) is 4.79 Å². The molecule has 21 heavy (non-hydrogen) atoms. The predicted octanol–water partition coefficient (Wildman–Crippen LogP) is 2.39. The molecule has 0 amide bonds. The van der Waals surface area contributed by atoms with Crippen molar-refractivity contribution in [1.29, 1.82) is 5.26 Å². The van der Waals surface area contributed by atoms with Gasteiger partial charge in [0.05, 0.1) is 13.2 Å². The standard InChI is InChI=1S/C14H27NO3.C2H3N/c1-14(2,13(17)18-3)15-12-8-6-11(7-9-12)5-4-10-16;1-2-3/h11-12,15-16H,4-10H2,1-3H3;1H3. The molecule has 1 fully saturated rings. The fourth-order valence-electron chi connectivity index (χ4n) is 2.80. The molecule has 0 aromatic carbocycles. The molecular formula is C16H30N2O3. The first-order valence-corrected chi connectivity index (χ1v) is 7.69. The van der Waals surface area contributed by atoms with Crippen molar-refractivity contribution in [2.24, 2.45) is 5.92 Å². The van der Waals surface area contributed by atoms with Gasteiger partial charge >= 0.3 is 5.97 Å². The summed E-state index contributed by atoms with van der Waals surface area (Å²) in [7, 11) is 1.43. The van der Waals surface area contributed by atoms with Gasteiger partial charge in [-0.15, -0.1) is 0 Å². The molecule has 5 heteroatoms. The van der Waals surface area contributed by atoms with Crippen LogP contribution < -0.4 is 5.32 Å². The minimum atomic E-state index is -0.600. The number of carbonyl (C=O) groups excluding carboxylic acids is 1. The fraction of sp³-hybridized carbons (Fsp3) is 0.875. The number of nitrogens with zero attached hydrogens (tertiary/aromatic N) is 1. The van der Waals surface area contributed by atoms with Gasteiger partial charge in [-0.2, -0.15) is 5.26 Å². The third-order valence-corrected chi connectivity index (χ3v) is 3.88. The number of hydrogen-bond donors (Lipinski definition) is 2. The number of aliphatic hydroxyl groups is 1. The fourth-order valence-corrected chi connectivity index (χ4v) is 2.80. The van der Waals surface area contributed by atoms with E-state index in [1.54, 1.807) is 6.07 Å². The Hall–Kier alpha value is -1.12. The summed E-state index contributed by atoms with van der Waals surface area (Å²) < 4.78 is 4.80. The van der Waals surface area contributed by atoms with E-state index < -0.39 is 5.54 Å². The first-order chi connectivity index (χ1) is 9.91. The van der Waals surface area contributed by atoms with Crippen LogP contribution in [0.2, 0.25) is 0 Å². The van der Waals surface area contributed by atoms with Gasteiger partial charge in [-0.25, -0.2) is 0 Å². The Morgan fingerprint density at radius 3 is 2.33 bits per heavy atom. The van der Waals surface area contributed by atoms with Crippen molar-refractivity contribution in [1.82, 2.24) is 5.32 Å². The van der Waals surface area contributed by atoms with Crippen molar-refractivity contribution in [3.8, 4) is 6.07 Å². The van der Waals surface area contributed by atoms with Crippen molar-refractivity contribution in [3.05, 3.63) is 0 Å². The van der Waals surface area contributed by atoms with Gasteiger partial charge < -0.3 is 9.84 Å². The lowest BCUT2D eigenvalue weighted by Gasteiger charge is -2.34. The molecule has 0 aliphatic heterocycles. The molecule has 2 N–H and O–H groups in total. The first kappa shape index (κ1) is 19.9. The summed E-state index contributed by atoms with van der Waals surface area (Å²) in [6, 6.07) is 2.16. The summed E-state index contributed by atoms with van der Waals surface area (Å²) >= 11 is 0. The number of nitriles is 1. The Labute approximate surface area is 128 Å². The summed E-state index contributed by atoms with van der Waals surface area (Å²) in [5.74, 6) is 0.543. The van der Waals surface area contributed by atoms with E-state index in [1.165, 1.54) is 26.9 Å². The van der Waals surface area contributed by atoms with Crippen LogP contribution in [0.25, 0.3) is 0 Å². The lowest BCUT2D eigenvalue weighted by molar-refractivity contribution is -0.147. The first-order valence-electron chi connectivity index (χ1n) is 7.69. The average Bonchev–Trinajstić information content (AvgIpc) is 2.46. The van der Waals surface area contributed by atoms with E-state index in [-0.39, 0.29) is 5.97 Å². The van der Waals surface area contributed by atoms with E-state index in [0.29, 0.717) is 12.6 Å². The van der Waals surface area contributed by atoms with Crippen molar-refractivity contribution in [3.63, 3.8) is 0 Å². The van der Waals surface area contributed by atoms with E-state index >= 15 is 0 Å². The van der Waals surface area contributed by atoms with E-state index in [0.717, 1.165) is 31.6 Å². The Balaban J connectivity index is 0.00000122. The Morgan fingerprint density at radius 1 is 1.38 bits per heavy atom. The van der Waals surface area contributed by atoms with Crippen LogP contribution in [0.1, 0.15) is 59.3 Å². The highest BCUT2D eigenvalue weighted by atomic mass is 16.5. The second kappa shape index (κ2) is 10.6. The van der Waals surface area contributed by atoms with Gasteiger partial charge in [-0.1, -0.05) is 0 Å². The number of carbonyl (C=O) groups is 1. The number of ether oxygens (including phenoxy) is 1. The molecule has 0 atom stereocenters. The minimum absolute atomic E-state index is 0.204. The quantitative estimate of drug-likeness (QED) is 0.736. The van der Waals surface area contributed by atoms with Crippen LogP contribution in [0.3, 0.4) is 0 Å². The van der Waals surface area contributed by atoms with Gasteiger partial charge in [0.25, 0.3) is 0 Å².